The molecule has 0 aromatic heterocycles. The Morgan fingerprint density at radius 3 is 2.06 bits per heavy atom. The average molecular weight is 874 g/mol. The van der Waals surface area contributed by atoms with Crippen molar-refractivity contribution in [1.29, 1.82) is 0 Å². The van der Waals surface area contributed by atoms with Crippen LogP contribution in [0.3, 0.4) is 0 Å². The second-order valence-corrected chi connectivity index (χ2v) is 18.4. The SMILES string of the molecule is C/C=C(\CCC1=Cc2cccc3c2B1c1ccc(N(c2ccccc2)c2ccccc2)cc1N3c1ccccc1)N(c1ccc(C)c(C)c1)c1ccc2c(c1)C(C)(C)C1=C(CCC=C1)O2.CC. The molecule has 11 rings (SSSR count). The molecule has 3 heterocycles. The first-order valence-corrected chi connectivity index (χ1v) is 24.3. The largest absolute Gasteiger partial charge is 0.461 e. The van der Waals surface area contributed by atoms with Gasteiger partial charge in [-0.2, -0.15) is 0 Å². The van der Waals surface area contributed by atoms with E-state index < -0.39 is 0 Å². The quantitative estimate of drug-likeness (QED) is 0.127. The number of hydrogen-bond donors (Lipinski definition) is 0. The van der Waals surface area contributed by atoms with Crippen molar-refractivity contribution in [3.63, 3.8) is 0 Å². The number of fused-ring (bicyclic) bond motifs is 3. The number of rotatable bonds is 10. The zero-order chi connectivity index (χ0) is 46.2. The molecule has 4 nitrogen and oxygen atoms in total. The maximum Gasteiger partial charge on any atom is 0.243 e. The molecule has 0 spiro atoms. The van der Waals surface area contributed by atoms with Gasteiger partial charge in [0.05, 0.1) is 0 Å². The first-order valence-electron chi connectivity index (χ1n) is 24.3. The number of allylic oxidation sites excluding steroid dienone is 7. The summed E-state index contributed by atoms with van der Waals surface area (Å²) in [5, 5.41) is 0. The molecule has 7 aromatic rings. The lowest BCUT2D eigenvalue weighted by molar-refractivity contribution is 0.351. The molecular formula is C62H60BN3O. The van der Waals surface area contributed by atoms with E-state index in [1.54, 1.807) is 0 Å². The van der Waals surface area contributed by atoms with E-state index in [2.05, 4.69) is 237 Å². The molecular weight excluding hydrogens is 814 g/mol. The van der Waals surface area contributed by atoms with Gasteiger partial charge in [0.1, 0.15) is 11.5 Å². The molecule has 0 saturated heterocycles. The van der Waals surface area contributed by atoms with E-state index in [9.17, 15) is 0 Å². The Kier molecular flexibility index (Phi) is 11.9. The highest BCUT2D eigenvalue weighted by Gasteiger charge is 2.41. The fraction of sp³-hybridized carbons (Fsp3) is 0.194. The molecule has 7 aromatic carbocycles. The van der Waals surface area contributed by atoms with Crippen LogP contribution < -0.4 is 30.4 Å². The van der Waals surface area contributed by atoms with Gasteiger partial charge in [0.25, 0.3) is 0 Å². The van der Waals surface area contributed by atoms with Crippen molar-refractivity contribution in [2.45, 2.75) is 79.6 Å². The summed E-state index contributed by atoms with van der Waals surface area (Å²) < 4.78 is 6.63. The molecule has 0 unspecified atom stereocenters. The van der Waals surface area contributed by atoms with Gasteiger partial charge in [0.15, 0.2) is 0 Å². The molecule has 332 valence electrons. The predicted octanol–water partition coefficient (Wildman–Crippen LogP) is 15.9. The highest BCUT2D eigenvalue weighted by molar-refractivity contribution is 6.96. The Morgan fingerprint density at radius 1 is 0.687 bits per heavy atom. The first-order chi connectivity index (χ1) is 32.8. The van der Waals surface area contributed by atoms with Crippen LogP contribution in [0.1, 0.15) is 82.6 Å². The van der Waals surface area contributed by atoms with Crippen molar-refractivity contribution in [3.8, 4) is 5.75 Å². The van der Waals surface area contributed by atoms with E-state index in [-0.39, 0.29) is 12.1 Å². The Balaban J connectivity index is 0.00000259. The van der Waals surface area contributed by atoms with Crippen molar-refractivity contribution >= 4 is 69.2 Å². The van der Waals surface area contributed by atoms with E-state index >= 15 is 0 Å². The third-order valence-electron chi connectivity index (χ3n) is 14.2. The Bertz CT molecular complexity index is 3050. The van der Waals surface area contributed by atoms with Gasteiger partial charge in [-0.1, -0.05) is 136 Å². The Labute approximate surface area is 399 Å². The molecule has 4 aliphatic rings. The Hall–Kier alpha value is -7.24. The van der Waals surface area contributed by atoms with Gasteiger partial charge in [-0.25, -0.2) is 0 Å². The lowest BCUT2D eigenvalue weighted by atomic mass is 9.36. The number of benzene rings is 7. The highest BCUT2D eigenvalue weighted by atomic mass is 16.5. The number of para-hydroxylation sites is 3. The Morgan fingerprint density at radius 2 is 1.36 bits per heavy atom. The van der Waals surface area contributed by atoms with E-state index in [4.69, 9.17) is 4.74 Å². The summed E-state index contributed by atoms with van der Waals surface area (Å²) in [6.45, 7) is 15.5. The topological polar surface area (TPSA) is 19.0 Å². The van der Waals surface area contributed by atoms with Crippen LogP contribution >= 0.6 is 0 Å². The zero-order valence-corrected chi connectivity index (χ0v) is 40.1. The van der Waals surface area contributed by atoms with Crippen LogP contribution in [0.5, 0.6) is 5.75 Å². The molecule has 0 bridgehead atoms. The number of aryl methyl sites for hydroxylation is 2. The second kappa shape index (κ2) is 18.2. The van der Waals surface area contributed by atoms with Gasteiger partial charge in [-0.3, -0.25) is 0 Å². The second-order valence-electron chi connectivity index (χ2n) is 18.4. The van der Waals surface area contributed by atoms with Gasteiger partial charge < -0.3 is 19.4 Å². The smallest absolute Gasteiger partial charge is 0.243 e. The van der Waals surface area contributed by atoms with Crippen molar-refractivity contribution < 1.29 is 4.74 Å². The fourth-order valence-corrected chi connectivity index (χ4v) is 10.8. The first kappa shape index (κ1) is 43.6. The summed E-state index contributed by atoms with van der Waals surface area (Å²) in [4.78, 5) is 7.36. The molecule has 0 fully saturated rings. The highest BCUT2D eigenvalue weighted by Crippen LogP contribution is 2.49. The normalized spacial score (nSPS) is 15.0. The van der Waals surface area contributed by atoms with E-state index in [0.29, 0.717) is 0 Å². The summed E-state index contributed by atoms with van der Waals surface area (Å²) in [7, 11) is 0. The average Bonchev–Trinajstić information content (AvgIpc) is 3.75. The fourth-order valence-electron chi connectivity index (χ4n) is 10.8. The van der Waals surface area contributed by atoms with Crippen LogP contribution in [0.25, 0.3) is 6.08 Å². The zero-order valence-electron chi connectivity index (χ0n) is 40.1. The number of anilines is 8. The van der Waals surface area contributed by atoms with Crippen LogP contribution in [0.4, 0.5) is 45.5 Å². The van der Waals surface area contributed by atoms with Crippen molar-refractivity contribution in [2.75, 3.05) is 14.7 Å². The van der Waals surface area contributed by atoms with E-state index in [1.807, 2.05) is 13.8 Å². The number of hydrogen-bond acceptors (Lipinski definition) is 4. The van der Waals surface area contributed by atoms with Crippen molar-refractivity contribution in [3.05, 3.63) is 227 Å². The summed E-state index contributed by atoms with van der Waals surface area (Å²) in [5.74, 6) is 2.09. The van der Waals surface area contributed by atoms with Crippen LogP contribution in [-0.4, -0.2) is 6.71 Å². The van der Waals surface area contributed by atoms with Gasteiger partial charge in [0.2, 0.25) is 6.71 Å². The van der Waals surface area contributed by atoms with Gasteiger partial charge in [-0.05, 0) is 153 Å². The minimum atomic E-state index is -0.181. The minimum Gasteiger partial charge on any atom is -0.461 e. The molecule has 0 saturated carbocycles. The number of ether oxygens (including phenoxy) is 1. The van der Waals surface area contributed by atoms with Crippen LogP contribution in [0.2, 0.25) is 0 Å². The molecule has 0 atom stereocenters. The maximum atomic E-state index is 6.63. The third kappa shape index (κ3) is 7.80. The molecule has 5 heteroatoms. The molecule has 1 aliphatic carbocycles. The van der Waals surface area contributed by atoms with Crippen LogP contribution in [0.15, 0.2) is 205 Å². The summed E-state index contributed by atoms with van der Waals surface area (Å²) >= 11 is 0. The lowest BCUT2D eigenvalue weighted by Gasteiger charge is -2.38. The van der Waals surface area contributed by atoms with Gasteiger partial charge >= 0.3 is 0 Å². The standard InChI is InChI=1S/C60H54BN3O.C2H6/c1-6-45(62(49-31-29-41(2)42(3)37-49)50-34-36-58-53(39-50)60(4,5)52-26-16-17-28-57(52)65-58)32-30-44-38-43-19-18-27-55-59(43)61(44)54-35-33-51(40-56(54)64(55)48-24-14-9-15-25-48)63(46-20-10-7-11-21-46)47-22-12-8-13-23-47;1-2/h6-16,18-27,29,31,33-40H,17,28,30,32H2,1-5H3;1-2H3/b45-6+;. The summed E-state index contributed by atoms with van der Waals surface area (Å²) in [5.41, 5.74) is 21.0. The minimum absolute atomic E-state index is 0.132. The molecule has 0 radical (unpaired) electrons. The molecule has 3 aliphatic heterocycles. The van der Waals surface area contributed by atoms with Gasteiger partial charge in [0, 0.05) is 74.2 Å². The van der Waals surface area contributed by atoms with E-state index in [1.165, 1.54) is 67.0 Å². The maximum absolute atomic E-state index is 6.63. The molecule has 0 amide bonds. The van der Waals surface area contributed by atoms with Crippen LogP contribution in [0, 0.1) is 13.8 Å². The number of nitrogens with zero attached hydrogens (tertiary/aromatic N) is 3. The van der Waals surface area contributed by atoms with Crippen molar-refractivity contribution in [2.24, 2.45) is 0 Å². The third-order valence-corrected chi connectivity index (χ3v) is 14.2. The summed E-state index contributed by atoms with van der Waals surface area (Å²) in [6.07, 6.45) is 13.2. The summed E-state index contributed by atoms with van der Waals surface area (Å²) in [6, 6.07) is 60.1. The van der Waals surface area contributed by atoms with Crippen molar-refractivity contribution in [1.82, 2.24) is 0 Å². The monoisotopic (exact) mass is 873 g/mol. The van der Waals surface area contributed by atoms with Crippen LogP contribution in [-0.2, 0) is 5.41 Å². The van der Waals surface area contributed by atoms with E-state index in [0.717, 1.165) is 65.6 Å². The molecule has 0 N–H and O–H groups in total. The lowest BCUT2D eigenvalue weighted by Crippen LogP contribution is -2.50. The van der Waals surface area contributed by atoms with Gasteiger partial charge in [-0.15, -0.1) is 0 Å². The molecule has 67 heavy (non-hydrogen) atoms. The predicted molar refractivity (Wildman–Crippen MR) is 287 cm³/mol.